The summed E-state index contributed by atoms with van der Waals surface area (Å²) in [6, 6.07) is 10.2. The van der Waals surface area contributed by atoms with E-state index in [-0.39, 0.29) is 23.2 Å². The fraction of sp³-hybridized carbons (Fsp3) is 0.650. The van der Waals surface area contributed by atoms with E-state index in [1.54, 1.807) is 0 Å². The standard InChI is InChI=1S/C20H34O3Si/c1-16(17(2)22-15-18-11-9-8-10-12-18)19(13-14-21)23-24(6,7)20(3,4)5/h8-12,14,16-17,19H,13,15H2,1-7H3/t16-,17+,19-/m0/s1. The van der Waals surface area contributed by atoms with Crippen molar-refractivity contribution in [1.29, 1.82) is 0 Å². The summed E-state index contributed by atoms with van der Waals surface area (Å²) in [6.45, 7) is 15.9. The third-order valence-corrected chi connectivity index (χ3v) is 9.77. The number of hydrogen-bond acceptors (Lipinski definition) is 3. The van der Waals surface area contributed by atoms with Crippen LogP contribution in [0.25, 0.3) is 0 Å². The summed E-state index contributed by atoms with van der Waals surface area (Å²) < 4.78 is 12.5. The first kappa shape index (κ1) is 21.1. The summed E-state index contributed by atoms with van der Waals surface area (Å²) in [5.41, 5.74) is 1.16. The summed E-state index contributed by atoms with van der Waals surface area (Å²) in [7, 11) is -1.92. The van der Waals surface area contributed by atoms with Gasteiger partial charge in [-0.05, 0) is 30.6 Å². The van der Waals surface area contributed by atoms with Crippen LogP contribution in [0.2, 0.25) is 18.1 Å². The zero-order valence-corrected chi connectivity index (χ0v) is 17.3. The normalized spacial score (nSPS) is 16.5. The zero-order chi connectivity index (χ0) is 18.4. The van der Waals surface area contributed by atoms with E-state index in [0.29, 0.717) is 13.0 Å². The highest BCUT2D eigenvalue weighted by molar-refractivity contribution is 6.74. The minimum atomic E-state index is -1.92. The molecule has 4 heteroatoms. The largest absolute Gasteiger partial charge is 0.413 e. The number of rotatable bonds is 9. The van der Waals surface area contributed by atoms with Crippen LogP contribution in [0.3, 0.4) is 0 Å². The summed E-state index contributed by atoms with van der Waals surface area (Å²) >= 11 is 0. The second-order valence-electron chi connectivity index (χ2n) is 8.18. The van der Waals surface area contributed by atoms with Gasteiger partial charge in [0.15, 0.2) is 8.32 Å². The van der Waals surface area contributed by atoms with Gasteiger partial charge in [-0.3, -0.25) is 0 Å². The molecule has 0 spiro atoms. The number of carbonyl (C=O) groups excluding carboxylic acids is 1. The molecule has 1 rings (SSSR count). The van der Waals surface area contributed by atoms with Gasteiger partial charge in [-0.2, -0.15) is 0 Å². The summed E-state index contributed by atoms with van der Waals surface area (Å²) in [5.74, 6) is 0.160. The monoisotopic (exact) mass is 350 g/mol. The quantitative estimate of drug-likeness (QED) is 0.453. The number of benzene rings is 1. The van der Waals surface area contributed by atoms with Crippen LogP contribution in [0.1, 0.15) is 46.6 Å². The highest BCUT2D eigenvalue weighted by Gasteiger charge is 2.40. The van der Waals surface area contributed by atoms with Crippen LogP contribution in [-0.4, -0.2) is 26.8 Å². The molecule has 24 heavy (non-hydrogen) atoms. The van der Waals surface area contributed by atoms with Crippen molar-refractivity contribution in [2.75, 3.05) is 0 Å². The predicted molar refractivity (Wildman–Crippen MR) is 103 cm³/mol. The van der Waals surface area contributed by atoms with Crippen molar-refractivity contribution >= 4 is 14.6 Å². The molecule has 0 amide bonds. The summed E-state index contributed by atoms with van der Waals surface area (Å²) in [4.78, 5) is 11.2. The average molecular weight is 351 g/mol. The second kappa shape index (κ2) is 8.93. The number of ether oxygens (including phenoxy) is 1. The Kier molecular flexibility index (Phi) is 7.84. The number of aldehydes is 1. The van der Waals surface area contributed by atoms with Crippen molar-refractivity contribution in [2.24, 2.45) is 5.92 Å². The van der Waals surface area contributed by atoms with E-state index in [1.165, 1.54) is 0 Å². The molecule has 3 nitrogen and oxygen atoms in total. The SMILES string of the molecule is C[C@H]([C@H](CC=O)O[Si](C)(C)C(C)(C)C)[C@@H](C)OCc1ccccc1. The van der Waals surface area contributed by atoms with Crippen molar-refractivity contribution in [3.05, 3.63) is 35.9 Å². The lowest BCUT2D eigenvalue weighted by atomic mass is 9.97. The van der Waals surface area contributed by atoms with Crippen molar-refractivity contribution in [3.8, 4) is 0 Å². The maximum Gasteiger partial charge on any atom is 0.192 e. The first-order valence-electron chi connectivity index (χ1n) is 8.85. The van der Waals surface area contributed by atoms with Crippen molar-refractivity contribution in [1.82, 2.24) is 0 Å². The molecule has 0 aliphatic carbocycles. The van der Waals surface area contributed by atoms with Gasteiger partial charge in [-0.15, -0.1) is 0 Å². The smallest absolute Gasteiger partial charge is 0.192 e. The minimum Gasteiger partial charge on any atom is -0.413 e. The molecule has 0 fully saturated rings. The van der Waals surface area contributed by atoms with Crippen molar-refractivity contribution in [2.45, 2.75) is 78.0 Å². The molecule has 0 aromatic heterocycles. The molecule has 3 atom stereocenters. The molecule has 0 bridgehead atoms. The molecule has 0 saturated carbocycles. The van der Waals surface area contributed by atoms with E-state index in [0.717, 1.165) is 11.8 Å². The van der Waals surface area contributed by atoms with E-state index in [1.807, 2.05) is 18.2 Å². The summed E-state index contributed by atoms with van der Waals surface area (Å²) in [5, 5.41) is 0.127. The molecule has 0 unspecified atom stereocenters. The fourth-order valence-electron chi connectivity index (χ4n) is 2.28. The van der Waals surface area contributed by atoms with E-state index >= 15 is 0 Å². The van der Waals surface area contributed by atoms with Crippen molar-refractivity contribution < 1.29 is 14.0 Å². The van der Waals surface area contributed by atoms with Crippen LogP contribution >= 0.6 is 0 Å². The highest BCUT2D eigenvalue weighted by atomic mass is 28.4. The Morgan fingerprint density at radius 2 is 1.71 bits per heavy atom. The second-order valence-corrected chi connectivity index (χ2v) is 12.9. The molecular formula is C20H34O3Si. The first-order chi connectivity index (χ1) is 11.1. The Bertz CT molecular complexity index is 493. The maximum atomic E-state index is 11.2. The number of carbonyl (C=O) groups is 1. The molecule has 0 saturated heterocycles. The minimum absolute atomic E-state index is 0.0277. The molecule has 1 aromatic carbocycles. The van der Waals surface area contributed by atoms with Crippen LogP contribution < -0.4 is 0 Å². The Hall–Kier alpha value is -0.973. The lowest BCUT2D eigenvalue weighted by molar-refractivity contribution is -0.111. The third kappa shape index (κ3) is 6.15. The molecule has 0 heterocycles. The zero-order valence-electron chi connectivity index (χ0n) is 16.3. The topological polar surface area (TPSA) is 35.5 Å². The Labute approximate surface area is 148 Å². The van der Waals surface area contributed by atoms with Gasteiger partial charge < -0.3 is 14.0 Å². The predicted octanol–water partition coefficient (Wildman–Crippen LogP) is 5.21. The average Bonchev–Trinajstić information content (AvgIpc) is 2.51. The van der Waals surface area contributed by atoms with E-state index in [4.69, 9.17) is 9.16 Å². The molecule has 1 aromatic rings. The van der Waals surface area contributed by atoms with Crippen LogP contribution in [0, 0.1) is 5.92 Å². The fourth-order valence-corrected chi connectivity index (χ4v) is 3.70. The van der Waals surface area contributed by atoms with Gasteiger partial charge in [0.1, 0.15) is 6.29 Å². The first-order valence-corrected chi connectivity index (χ1v) is 11.8. The van der Waals surface area contributed by atoms with Crippen LogP contribution in [0.4, 0.5) is 0 Å². The Morgan fingerprint density at radius 3 is 2.21 bits per heavy atom. The maximum absolute atomic E-state index is 11.2. The van der Waals surface area contributed by atoms with Crippen molar-refractivity contribution in [3.63, 3.8) is 0 Å². The molecule has 0 aliphatic heterocycles. The van der Waals surface area contributed by atoms with Crippen LogP contribution in [0.15, 0.2) is 30.3 Å². The molecule has 0 aliphatic rings. The Morgan fingerprint density at radius 1 is 1.12 bits per heavy atom. The molecular weight excluding hydrogens is 316 g/mol. The van der Waals surface area contributed by atoms with E-state index in [9.17, 15) is 4.79 Å². The lowest BCUT2D eigenvalue weighted by Crippen LogP contribution is -2.47. The lowest BCUT2D eigenvalue weighted by Gasteiger charge is -2.41. The van der Waals surface area contributed by atoms with E-state index < -0.39 is 8.32 Å². The Balaban J connectivity index is 2.70. The van der Waals surface area contributed by atoms with Gasteiger partial charge in [-0.25, -0.2) is 0 Å². The molecule has 0 radical (unpaired) electrons. The van der Waals surface area contributed by atoms with Gasteiger partial charge in [0, 0.05) is 12.3 Å². The third-order valence-electron chi connectivity index (χ3n) is 5.26. The number of hydrogen-bond donors (Lipinski definition) is 0. The molecule has 136 valence electrons. The van der Waals surface area contributed by atoms with Crippen LogP contribution in [0.5, 0.6) is 0 Å². The van der Waals surface area contributed by atoms with E-state index in [2.05, 4.69) is 59.8 Å². The van der Waals surface area contributed by atoms with Gasteiger partial charge in [-0.1, -0.05) is 58.0 Å². The summed E-state index contributed by atoms with van der Waals surface area (Å²) in [6.07, 6.45) is 1.33. The van der Waals surface area contributed by atoms with Gasteiger partial charge >= 0.3 is 0 Å². The van der Waals surface area contributed by atoms with Crippen LogP contribution in [-0.2, 0) is 20.6 Å². The van der Waals surface area contributed by atoms with Gasteiger partial charge in [0.25, 0.3) is 0 Å². The highest BCUT2D eigenvalue weighted by Crippen LogP contribution is 2.38. The van der Waals surface area contributed by atoms with Gasteiger partial charge in [0.05, 0.1) is 18.8 Å². The molecule has 0 N–H and O–H groups in total. The van der Waals surface area contributed by atoms with Gasteiger partial charge in [0.2, 0.25) is 0 Å².